The third kappa shape index (κ3) is 5.91. The van der Waals surface area contributed by atoms with E-state index in [1.165, 1.54) is 12.1 Å². The van der Waals surface area contributed by atoms with E-state index < -0.39 is 15.9 Å². The molecule has 0 aliphatic heterocycles. The maximum absolute atomic E-state index is 13.0. The molecule has 0 bridgehead atoms. The lowest BCUT2D eigenvalue weighted by molar-refractivity contribution is 0.0981. The smallest absolute Gasteiger partial charge is 0.265 e. The van der Waals surface area contributed by atoms with Gasteiger partial charge in [-0.2, -0.15) is 0 Å². The molecule has 0 spiro atoms. The van der Waals surface area contributed by atoms with Gasteiger partial charge in [0.1, 0.15) is 5.82 Å². The van der Waals surface area contributed by atoms with Crippen molar-refractivity contribution in [3.63, 3.8) is 0 Å². The number of rotatable bonds is 8. The summed E-state index contributed by atoms with van der Waals surface area (Å²) in [7, 11) is -4.05. The normalized spacial score (nSPS) is 11.7. The van der Waals surface area contributed by atoms with Crippen LogP contribution in [-0.4, -0.2) is 23.9 Å². The first kappa shape index (κ1) is 27.1. The minimum atomic E-state index is -4.05. The van der Waals surface area contributed by atoms with Gasteiger partial charge in [-0.15, -0.1) is 0 Å². The van der Waals surface area contributed by atoms with Crippen LogP contribution in [0.1, 0.15) is 38.4 Å². The van der Waals surface area contributed by atoms with Crippen LogP contribution in [0.15, 0.2) is 102 Å². The summed E-state index contributed by atoms with van der Waals surface area (Å²) >= 11 is 6.66. The molecule has 0 unspecified atom stereocenters. The Bertz CT molecular complexity index is 1860. The van der Waals surface area contributed by atoms with Crippen LogP contribution < -0.4 is 4.72 Å². The average Bonchev–Trinajstić information content (AvgIpc) is 3.27. The molecule has 0 radical (unpaired) electrons. The van der Waals surface area contributed by atoms with E-state index in [0.717, 1.165) is 28.1 Å². The summed E-state index contributed by atoms with van der Waals surface area (Å²) in [6.07, 6.45) is 5.65. The van der Waals surface area contributed by atoms with Crippen LogP contribution >= 0.6 is 11.6 Å². The minimum absolute atomic E-state index is 0.00915. The molecule has 40 heavy (non-hydrogen) atoms. The number of aromatic nitrogens is 2. The molecule has 5 aromatic rings. The number of benzene rings is 4. The van der Waals surface area contributed by atoms with Crippen molar-refractivity contribution in [2.45, 2.75) is 18.4 Å². The molecular formula is C32H26ClN3O3S. The van der Waals surface area contributed by atoms with Crippen LogP contribution in [0.2, 0.25) is 5.02 Å². The van der Waals surface area contributed by atoms with Crippen molar-refractivity contribution in [1.29, 1.82) is 0 Å². The number of imidazole rings is 1. The number of nitrogens with one attached hydrogen (secondary N) is 1. The Hall–Kier alpha value is -4.46. The third-order valence-corrected chi connectivity index (χ3v) is 8.23. The highest BCUT2D eigenvalue weighted by Crippen LogP contribution is 2.25. The standard InChI is InChI=1S/C32H26ClN3O3S/c1-3-23-12-16-28(17-13-23)40(38,39)35-32(37)26-15-18-30-31(20-26)36(22(2)34-30)21-27-14-11-25(19-29(27)33)10-9-24-7-5-4-6-8-24/h3-20H,1,21H2,2H3,(H,35,37). The number of fused-ring (bicyclic) bond motifs is 1. The number of amides is 1. The van der Waals surface area contributed by atoms with Gasteiger partial charge in [-0.1, -0.05) is 91.0 Å². The summed E-state index contributed by atoms with van der Waals surface area (Å²) in [5.41, 5.74) is 5.33. The summed E-state index contributed by atoms with van der Waals surface area (Å²) in [6, 6.07) is 26.9. The fourth-order valence-corrected chi connectivity index (χ4v) is 5.55. The zero-order valence-electron chi connectivity index (χ0n) is 21.7. The molecule has 0 aliphatic carbocycles. The van der Waals surface area contributed by atoms with Crippen molar-refractivity contribution in [2.24, 2.45) is 0 Å². The molecule has 5 rings (SSSR count). The molecule has 0 saturated heterocycles. The Morgan fingerprint density at radius 2 is 1.62 bits per heavy atom. The van der Waals surface area contributed by atoms with Crippen molar-refractivity contribution in [3.05, 3.63) is 136 Å². The van der Waals surface area contributed by atoms with Crippen molar-refractivity contribution < 1.29 is 13.2 Å². The third-order valence-electron chi connectivity index (χ3n) is 6.53. The molecule has 4 aromatic carbocycles. The number of aryl methyl sites for hydroxylation is 1. The first-order chi connectivity index (χ1) is 19.2. The molecule has 0 saturated carbocycles. The van der Waals surface area contributed by atoms with Gasteiger partial charge in [0.05, 0.1) is 22.5 Å². The fraction of sp³-hybridized carbons (Fsp3) is 0.0625. The predicted molar refractivity (Wildman–Crippen MR) is 162 cm³/mol. The van der Waals surface area contributed by atoms with Crippen molar-refractivity contribution in [1.82, 2.24) is 14.3 Å². The quantitative estimate of drug-likeness (QED) is 0.205. The second-order valence-electron chi connectivity index (χ2n) is 9.25. The lowest BCUT2D eigenvalue weighted by Gasteiger charge is -2.11. The van der Waals surface area contributed by atoms with E-state index in [1.807, 2.05) is 72.2 Å². The van der Waals surface area contributed by atoms with Gasteiger partial charge in [-0.25, -0.2) is 18.1 Å². The van der Waals surface area contributed by atoms with Gasteiger partial charge in [0, 0.05) is 10.6 Å². The van der Waals surface area contributed by atoms with E-state index in [1.54, 1.807) is 36.4 Å². The largest absolute Gasteiger partial charge is 0.324 e. The Labute approximate surface area is 238 Å². The van der Waals surface area contributed by atoms with Gasteiger partial charge < -0.3 is 4.57 Å². The van der Waals surface area contributed by atoms with Crippen LogP contribution in [0.3, 0.4) is 0 Å². The van der Waals surface area contributed by atoms with Gasteiger partial charge >= 0.3 is 0 Å². The number of nitrogens with zero attached hydrogens (tertiary/aromatic N) is 2. The van der Waals surface area contributed by atoms with E-state index in [0.29, 0.717) is 22.6 Å². The van der Waals surface area contributed by atoms with Crippen molar-refractivity contribution >= 4 is 56.8 Å². The fourth-order valence-electron chi connectivity index (χ4n) is 4.33. The van der Waals surface area contributed by atoms with Crippen LogP contribution in [0, 0.1) is 6.92 Å². The van der Waals surface area contributed by atoms with Crippen molar-refractivity contribution in [3.8, 4) is 0 Å². The highest BCUT2D eigenvalue weighted by molar-refractivity contribution is 7.90. The molecule has 0 aliphatic rings. The lowest BCUT2D eigenvalue weighted by atomic mass is 10.1. The topological polar surface area (TPSA) is 81.1 Å². The van der Waals surface area contributed by atoms with E-state index in [9.17, 15) is 13.2 Å². The zero-order chi connectivity index (χ0) is 28.3. The molecule has 200 valence electrons. The van der Waals surface area contributed by atoms with Gasteiger partial charge in [-0.3, -0.25) is 4.79 Å². The Balaban J connectivity index is 1.38. The predicted octanol–water partition coefficient (Wildman–Crippen LogP) is 6.98. The van der Waals surface area contributed by atoms with E-state index in [4.69, 9.17) is 11.6 Å². The van der Waals surface area contributed by atoms with Crippen LogP contribution in [0.4, 0.5) is 0 Å². The van der Waals surface area contributed by atoms with Gasteiger partial charge in [-0.05, 0) is 65.6 Å². The van der Waals surface area contributed by atoms with E-state index in [-0.39, 0.29) is 10.5 Å². The SMILES string of the molecule is C=Cc1ccc(S(=O)(=O)NC(=O)c2ccc3nc(C)n(Cc4ccc(C=Cc5ccccc5)cc4Cl)c3c2)cc1. The van der Waals surface area contributed by atoms with Gasteiger partial charge in [0.25, 0.3) is 15.9 Å². The average molecular weight is 568 g/mol. The first-order valence-electron chi connectivity index (χ1n) is 12.5. The van der Waals surface area contributed by atoms with E-state index in [2.05, 4.69) is 16.3 Å². The number of carbonyl (C=O) groups is 1. The molecule has 0 fully saturated rings. The molecule has 1 amide bonds. The van der Waals surface area contributed by atoms with Crippen molar-refractivity contribution in [2.75, 3.05) is 0 Å². The minimum Gasteiger partial charge on any atom is -0.324 e. The summed E-state index contributed by atoms with van der Waals surface area (Å²) in [5.74, 6) is 0.0132. The molecule has 8 heteroatoms. The highest BCUT2D eigenvalue weighted by atomic mass is 35.5. The summed E-state index contributed by atoms with van der Waals surface area (Å²) in [5, 5.41) is 0.610. The number of halogens is 1. The zero-order valence-corrected chi connectivity index (χ0v) is 23.3. The molecule has 1 aromatic heterocycles. The lowest BCUT2D eigenvalue weighted by Crippen LogP contribution is -2.30. The van der Waals surface area contributed by atoms with Gasteiger partial charge in [0.15, 0.2) is 0 Å². The Morgan fingerprint density at radius 3 is 2.33 bits per heavy atom. The van der Waals surface area contributed by atoms with Crippen LogP contribution in [-0.2, 0) is 16.6 Å². The summed E-state index contributed by atoms with van der Waals surface area (Å²) in [6.45, 7) is 5.97. The Morgan fingerprint density at radius 1 is 0.925 bits per heavy atom. The molecule has 0 atom stereocenters. The summed E-state index contributed by atoms with van der Waals surface area (Å²) < 4.78 is 29.7. The molecule has 1 heterocycles. The molecule has 1 N–H and O–H groups in total. The summed E-state index contributed by atoms with van der Waals surface area (Å²) in [4.78, 5) is 17.6. The number of carbonyl (C=O) groups excluding carboxylic acids is 1. The second kappa shape index (κ2) is 11.3. The highest BCUT2D eigenvalue weighted by Gasteiger charge is 2.20. The maximum Gasteiger partial charge on any atom is 0.265 e. The molecule has 6 nitrogen and oxygen atoms in total. The monoisotopic (exact) mass is 567 g/mol. The molecular weight excluding hydrogens is 542 g/mol. The number of hydrogen-bond donors (Lipinski definition) is 1. The number of hydrogen-bond acceptors (Lipinski definition) is 4. The van der Waals surface area contributed by atoms with Gasteiger partial charge in [0.2, 0.25) is 0 Å². The Kier molecular flexibility index (Phi) is 7.69. The number of sulfonamides is 1. The second-order valence-corrected chi connectivity index (χ2v) is 11.3. The first-order valence-corrected chi connectivity index (χ1v) is 14.4. The van der Waals surface area contributed by atoms with Crippen LogP contribution in [0.25, 0.3) is 29.3 Å². The maximum atomic E-state index is 13.0. The van der Waals surface area contributed by atoms with Crippen LogP contribution in [0.5, 0.6) is 0 Å². The van der Waals surface area contributed by atoms with E-state index >= 15 is 0 Å².